The van der Waals surface area contributed by atoms with Crippen LogP contribution in [0.1, 0.15) is 44.7 Å². The van der Waals surface area contributed by atoms with Gasteiger partial charge in [0.2, 0.25) is 0 Å². The Hall–Kier alpha value is -2.71. The van der Waals surface area contributed by atoms with Gasteiger partial charge in [-0.2, -0.15) is 8.42 Å². The Morgan fingerprint density at radius 3 is 1.75 bits per heavy atom. The molecule has 1 aliphatic carbocycles. The smallest absolute Gasteiger partial charge is 0.338 e. The normalized spacial score (nSPS) is 20.7. The van der Waals surface area contributed by atoms with Gasteiger partial charge in [0, 0.05) is 11.8 Å². The fourth-order valence-corrected chi connectivity index (χ4v) is 4.49. The Labute approximate surface area is 188 Å². The fourth-order valence-electron chi connectivity index (χ4n) is 3.80. The van der Waals surface area contributed by atoms with Crippen LogP contribution in [0.3, 0.4) is 0 Å². The van der Waals surface area contributed by atoms with E-state index >= 15 is 0 Å². The molecule has 0 radical (unpaired) electrons. The van der Waals surface area contributed by atoms with Crippen LogP contribution >= 0.6 is 0 Å². The highest BCUT2D eigenvalue weighted by Gasteiger charge is 2.40. The molecular weight excluding hydrogens is 432 g/mol. The van der Waals surface area contributed by atoms with Crippen LogP contribution < -0.4 is 0 Å². The monoisotopic (exact) mass is 460 g/mol. The van der Waals surface area contributed by atoms with Crippen molar-refractivity contribution in [2.75, 3.05) is 19.5 Å². The number of aryl methyl sites for hydroxylation is 2. The summed E-state index contributed by atoms with van der Waals surface area (Å²) in [6.07, 6.45) is 1.41. The van der Waals surface area contributed by atoms with Crippen molar-refractivity contribution in [2.45, 2.75) is 32.8 Å². The van der Waals surface area contributed by atoms with E-state index in [2.05, 4.69) is 0 Å². The van der Waals surface area contributed by atoms with E-state index in [0.717, 1.165) is 17.4 Å². The number of hydrogen-bond donors (Lipinski definition) is 0. The predicted molar refractivity (Wildman–Crippen MR) is 119 cm³/mol. The summed E-state index contributed by atoms with van der Waals surface area (Å²) in [7, 11) is -3.69. The maximum atomic E-state index is 12.4. The Balaban J connectivity index is 1.65. The first-order chi connectivity index (χ1) is 15.1. The molecule has 2 aromatic carbocycles. The molecule has 0 unspecified atom stereocenters. The number of benzene rings is 2. The van der Waals surface area contributed by atoms with Crippen LogP contribution in [0.5, 0.6) is 0 Å². The van der Waals surface area contributed by atoms with Crippen LogP contribution in [0.15, 0.2) is 48.5 Å². The van der Waals surface area contributed by atoms with E-state index in [1.165, 1.54) is 0 Å². The Morgan fingerprint density at radius 1 is 0.812 bits per heavy atom. The molecular formula is C24H28O7S. The van der Waals surface area contributed by atoms with Crippen molar-refractivity contribution in [2.24, 2.45) is 11.8 Å². The number of carbonyl (C=O) groups is 2. The van der Waals surface area contributed by atoms with Crippen molar-refractivity contribution in [3.05, 3.63) is 70.8 Å². The number of ether oxygens (including phenoxy) is 2. The average molecular weight is 461 g/mol. The number of rotatable bonds is 8. The molecule has 0 heterocycles. The van der Waals surface area contributed by atoms with E-state index in [1.54, 1.807) is 24.3 Å². The molecule has 0 bridgehead atoms. The summed E-state index contributed by atoms with van der Waals surface area (Å²) in [4.78, 5) is 24.8. The minimum Gasteiger partial charge on any atom is -0.462 e. The zero-order chi connectivity index (χ0) is 23.3. The van der Waals surface area contributed by atoms with Crippen molar-refractivity contribution in [1.82, 2.24) is 0 Å². The average Bonchev–Trinajstić information content (AvgIpc) is 3.11. The molecule has 1 aliphatic rings. The van der Waals surface area contributed by atoms with Crippen LogP contribution in [0.25, 0.3) is 0 Å². The molecule has 0 aromatic heterocycles. The topological polar surface area (TPSA) is 96.0 Å². The highest BCUT2D eigenvalue weighted by Crippen LogP contribution is 2.36. The molecule has 8 heteroatoms. The number of carbonyl (C=O) groups excluding carboxylic acids is 2. The van der Waals surface area contributed by atoms with Gasteiger partial charge in [0.15, 0.2) is 0 Å². The summed E-state index contributed by atoms with van der Waals surface area (Å²) in [5.74, 6) is -1.55. The van der Waals surface area contributed by atoms with Crippen molar-refractivity contribution >= 4 is 22.1 Å². The first-order valence-electron chi connectivity index (χ1n) is 10.5. The van der Waals surface area contributed by atoms with Crippen LogP contribution in [0, 0.1) is 25.7 Å². The van der Waals surface area contributed by atoms with Gasteiger partial charge >= 0.3 is 11.9 Å². The second-order valence-electron chi connectivity index (χ2n) is 8.27. The summed E-state index contributed by atoms with van der Waals surface area (Å²) in [5, 5.41) is 0. The lowest BCUT2D eigenvalue weighted by Gasteiger charge is -2.24. The van der Waals surface area contributed by atoms with Gasteiger partial charge in [-0.15, -0.1) is 0 Å². The maximum Gasteiger partial charge on any atom is 0.338 e. The Morgan fingerprint density at radius 2 is 1.28 bits per heavy atom. The molecule has 1 fully saturated rings. The summed E-state index contributed by atoms with van der Waals surface area (Å²) >= 11 is 0. The molecule has 0 N–H and O–H groups in total. The third-order valence-corrected chi connectivity index (χ3v) is 6.21. The summed E-state index contributed by atoms with van der Waals surface area (Å²) < 4.78 is 39.6. The lowest BCUT2D eigenvalue weighted by Crippen LogP contribution is -2.32. The summed E-state index contributed by atoms with van der Waals surface area (Å²) in [6, 6.07) is 14.0. The van der Waals surface area contributed by atoms with E-state index in [4.69, 9.17) is 13.7 Å². The second-order valence-corrected chi connectivity index (χ2v) is 9.87. The zero-order valence-corrected chi connectivity index (χ0v) is 19.3. The first-order valence-corrected chi connectivity index (χ1v) is 12.3. The molecule has 3 rings (SSSR count). The third kappa shape index (κ3) is 6.64. The Bertz CT molecular complexity index is 1040. The van der Waals surface area contributed by atoms with Gasteiger partial charge in [-0.1, -0.05) is 35.4 Å². The van der Waals surface area contributed by atoms with E-state index in [-0.39, 0.29) is 19.1 Å². The Kier molecular flexibility index (Phi) is 7.69. The van der Waals surface area contributed by atoms with E-state index in [0.29, 0.717) is 24.0 Å². The summed E-state index contributed by atoms with van der Waals surface area (Å²) in [6.45, 7) is 3.91. The molecule has 1 saturated carbocycles. The van der Waals surface area contributed by atoms with Gasteiger partial charge in [-0.05, 0) is 51.0 Å². The van der Waals surface area contributed by atoms with Crippen molar-refractivity contribution in [3.63, 3.8) is 0 Å². The molecule has 0 spiro atoms. The van der Waals surface area contributed by atoms with Crippen LogP contribution in [-0.4, -0.2) is 45.9 Å². The lowest BCUT2D eigenvalue weighted by molar-refractivity contribution is 0.0138. The number of esters is 2. The third-order valence-electron chi connectivity index (χ3n) is 5.61. The summed E-state index contributed by atoms with van der Waals surface area (Å²) in [5.41, 5.74) is 2.92. The van der Waals surface area contributed by atoms with Gasteiger partial charge in [0.1, 0.15) is 0 Å². The van der Waals surface area contributed by atoms with Gasteiger partial charge in [0.25, 0.3) is 10.1 Å². The van der Waals surface area contributed by atoms with E-state index in [1.807, 2.05) is 38.1 Å². The highest BCUT2D eigenvalue weighted by molar-refractivity contribution is 7.86. The molecule has 172 valence electrons. The molecule has 2 aromatic rings. The predicted octanol–water partition coefficient (Wildman–Crippen LogP) is 3.69. The van der Waals surface area contributed by atoms with Crippen LogP contribution in [0.4, 0.5) is 0 Å². The van der Waals surface area contributed by atoms with Gasteiger partial charge in [-0.3, -0.25) is 4.18 Å². The zero-order valence-electron chi connectivity index (χ0n) is 18.4. The quantitative estimate of drug-likeness (QED) is 0.438. The molecule has 7 nitrogen and oxygen atoms in total. The van der Waals surface area contributed by atoms with E-state index in [9.17, 15) is 18.0 Å². The van der Waals surface area contributed by atoms with Crippen molar-refractivity contribution in [1.29, 1.82) is 0 Å². The van der Waals surface area contributed by atoms with Crippen molar-refractivity contribution in [3.8, 4) is 0 Å². The van der Waals surface area contributed by atoms with Gasteiger partial charge in [-0.25, -0.2) is 9.59 Å². The van der Waals surface area contributed by atoms with Crippen LogP contribution in [-0.2, 0) is 23.8 Å². The molecule has 0 saturated heterocycles. The van der Waals surface area contributed by atoms with E-state index < -0.39 is 34.1 Å². The highest BCUT2D eigenvalue weighted by atomic mass is 32.2. The van der Waals surface area contributed by atoms with Gasteiger partial charge in [0.05, 0.1) is 36.7 Å². The fraction of sp³-hybridized carbons (Fsp3) is 0.417. The molecule has 0 amide bonds. The largest absolute Gasteiger partial charge is 0.462 e. The SMILES string of the molecule is Cc1ccc(C(=O)OC[C@H]2CC[C@H](OS(C)(=O)=O)[C@@H]2COC(=O)c2ccc(C)cc2)cc1. The standard InChI is InChI=1S/C24H28O7S/c1-16-4-8-18(9-5-16)23(25)29-14-20-12-13-22(31-32(3,27)28)21(20)15-30-24(26)19-10-6-17(2)7-11-19/h4-11,20-22H,12-15H2,1-3H3/t20-,21-,22+/m1/s1. The minimum absolute atomic E-state index is 0.0281. The van der Waals surface area contributed by atoms with Gasteiger partial charge < -0.3 is 9.47 Å². The minimum atomic E-state index is -3.69. The molecule has 0 aliphatic heterocycles. The lowest BCUT2D eigenvalue weighted by atomic mass is 9.96. The molecule has 3 atom stereocenters. The maximum absolute atomic E-state index is 12.4. The first kappa shape index (κ1) is 23.9. The number of hydrogen-bond acceptors (Lipinski definition) is 7. The second kappa shape index (κ2) is 10.3. The van der Waals surface area contributed by atoms with Crippen molar-refractivity contribution < 1.29 is 31.7 Å². The van der Waals surface area contributed by atoms with Crippen LogP contribution in [0.2, 0.25) is 0 Å². The molecule has 32 heavy (non-hydrogen) atoms.